The first kappa shape index (κ1) is 20.3. The molecule has 1 aromatic carbocycles. The highest BCUT2D eigenvalue weighted by Gasteiger charge is 2.28. The topological polar surface area (TPSA) is 56.6 Å². The molecule has 1 aliphatic rings. The zero-order valence-electron chi connectivity index (χ0n) is 16.3. The number of anilines is 1. The molecule has 0 aliphatic heterocycles. The largest absolute Gasteiger partial charge is 0.494 e. The van der Waals surface area contributed by atoms with Gasteiger partial charge in [-0.2, -0.15) is 5.26 Å². The fraction of sp³-hybridized carbons (Fsp3) is 0.619. The van der Waals surface area contributed by atoms with E-state index in [1.165, 1.54) is 25.7 Å². The Balaban J connectivity index is 2.13. The Labute approximate surface area is 157 Å². The molecule has 0 atom stereocenters. The van der Waals surface area contributed by atoms with Crippen LogP contribution in [-0.4, -0.2) is 42.6 Å². The van der Waals surface area contributed by atoms with Crippen LogP contribution in [0.5, 0.6) is 5.75 Å². The standard InChI is InChI=1S/C21H31N3O2/c1-4-26-20-12-10-19(11-13-20)23(15-7-14-22)21(25)16-24(17(2)3)18-8-5-6-9-18/h10-13,17-18H,4-9,15-16H2,1-3H3. The Hall–Kier alpha value is -2.06. The normalized spacial score (nSPS) is 14.6. The van der Waals surface area contributed by atoms with Crippen LogP contribution in [0.1, 0.15) is 52.9 Å². The van der Waals surface area contributed by atoms with Gasteiger partial charge in [0.05, 0.1) is 25.6 Å². The third-order valence-electron chi connectivity index (χ3n) is 4.98. The molecule has 0 spiro atoms. The maximum atomic E-state index is 13.1. The van der Waals surface area contributed by atoms with Crippen LogP contribution in [0.3, 0.4) is 0 Å². The molecule has 142 valence electrons. The predicted molar refractivity (Wildman–Crippen MR) is 104 cm³/mol. The van der Waals surface area contributed by atoms with E-state index in [0.29, 0.717) is 38.2 Å². The third kappa shape index (κ3) is 5.47. The number of nitrogens with zero attached hydrogens (tertiary/aromatic N) is 3. The lowest BCUT2D eigenvalue weighted by molar-refractivity contribution is -0.120. The van der Waals surface area contributed by atoms with Crippen LogP contribution in [-0.2, 0) is 4.79 Å². The summed E-state index contributed by atoms with van der Waals surface area (Å²) >= 11 is 0. The summed E-state index contributed by atoms with van der Waals surface area (Å²) in [5.74, 6) is 0.851. The van der Waals surface area contributed by atoms with E-state index >= 15 is 0 Å². The van der Waals surface area contributed by atoms with Gasteiger partial charge in [0.25, 0.3) is 0 Å². The van der Waals surface area contributed by atoms with Crippen LogP contribution < -0.4 is 9.64 Å². The monoisotopic (exact) mass is 357 g/mol. The highest BCUT2D eigenvalue weighted by Crippen LogP contribution is 2.26. The van der Waals surface area contributed by atoms with Gasteiger partial charge in [0, 0.05) is 24.3 Å². The van der Waals surface area contributed by atoms with Crippen LogP contribution >= 0.6 is 0 Å². The first-order valence-electron chi connectivity index (χ1n) is 9.72. The smallest absolute Gasteiger partial charge is 0.241 e. The van der Waals surface area contributed by atoms with Crippen molar-refractivity contribution in [1.29, 1.82) is 5.26 Å². The molecule has 1 fully saturated rings. The van der Waals surface area contributed by atoms with Crippen molar-refractivity contribution in [3.05, 3.63) is 24.3 Å². The maximum absolute atomic E-state index is 13.1. The molecule has 0 radical (unpaired) electrons. The minimum atomic E-state index is 0.0602. The average molecular weight is 357 g/mol. The zero-order chi connectivity index (χ0) is 18.9. The summed E-state index contributed by atoms with van der Waals surface area (Å²) in [6.45, 7) is 7.69. The first-order valence-corrected chi connectivity index (χ1v) is 9.72. The number of carbonyl (C=O) groups is 1. The molecule has 1 aliphatic carbocycles. The highest BCUT2D eigenvalue weighted by molar-refractivity contribution is 5.94. The van der Waals surface area contributed by atoms with Crippen molar-refractivity contribution in [2.24, 2.45) is 0 Å². The Kier molecular flexibility index (Phi) is 7.93. The molecule has 0 saturated heterocycles. The Morgan fingerprint density at radius 3 is 2.46 bits per heavy atom. The number of carbonyl (C=O) groups excluding carboxylic acids is 1. The number of amides is 1. The second kappa shape index (κ2) is 10.2. The molecule has 0 aromatic heterocycles. The lowest BCUT2D eigenvalue weighted by atomic mass is 10.1. The first-order chi connectivity index (χ1) is 12.6. The minimum absolute atomic E-state index is 0.0602. The fourth-order valence-corrected chi connectivity index (χ4v) is 3.66. The van der Waals surface area contributed by atoms with Crippen molar-refractivity contribution in [3.63, 3.8) is 0 Å². The maximum Gasteiger partial charge on any atom is 0.241 e. The van der Waals surface area contributed by atoms with E-state index in [2.05, 4.69) is 24.8 Å². The van der Waals surface area contributed by atoms with E-state index in [1.807, 2.05) is 31.2 Å². The molecule has 0 unspecified atom stereocenters. The van der Waals surface area contributed by atoms with Gasteiger partial charge in [-0.1, -0.05) is 12.8 Å². The summed E-state index contributed by atoms with van der Waals surface area (Å²) in [6.07, 6.45) is 5.17. The van der Waals surface area contributed by atoms with Gasteiger partial charge in [-0.05, 0) is 57.9 Å². The van der Waals surface area contributed by atoms with Gasteiger partial charge in [-0.25, -0.2) is 0 Å². The molecule has 5 heteroatoms. The van der Waals surface area contributed by atoms with Crippen LogP contribution in [0.15, 0.2) is 24.3 Å². The Morgan fingerprint density at radius 2 is 1.92 bits per heavy atom. The van der Waals surface area contributed by atoms with Crippen LogP contribution in [0.2, 0.25) is 0 Å². The van der Waals surface area contributed by atoms with Crippen molar-refractivity contribution < 1.29 is 9.53 Å². The molecule has 2 rings (SSSR count). The number of nitriles is 1. The molecular weight excluding hydrogens is 326 g/mol. The summed E-state index contributed by atoms with van der Waals surface area (Å²) in [4.78, 5) is 17.1. The van der Waals surface area contributed by atoms with E-state index in [-0.39, 0.29) is 5.91 Å². The summed E-state index contributed by atoms with van der Waals surface area (Å²) in [7, 11) is 0. The molecule has 26 heavy (non-hydrogen) atoms. The summed E-state index contributed by atoms with van der Waals surface area (Å²) < 4.78 is 5.48. The summed E-state index contributed by atoms with van der Waals surface area (Å²) in [5.41, 5.74) is 0.823. The molecule has 1 aromatic rings. The second-order valence-corrected chi connectivity index (χ2v) is 7.08. The van der Waals surface area contributed by atoms with Crippen molar-refractivity contribution in [1.82, 2.24) is 4.90 Å². The van der Waals surface area contributed by atoms with Crippen LogP contribution in [0.4, 0.5) is 5.69 Å². The van der Waals surface area contributed by atoms with Crippen molar-refractivity contribution in [3.8, 4) is 11.8 Å². The Morgan fingerprint density at radius 1 is 1.27 bits per heavy atom. The van der Waals surface area contributed by atoms with Gasteiger partial charge in [0.15, 0.2) is 0 Å². The van der Waals surface area contributed by atoms with Crippen LogP contribution in [0, 0.1) is 11.3 Å². The van der Waals surface area contributed by atoms with Crippen molar-refractivity contribution >= 4 is 11.6 Å². The molecule has 0 N–H and O–H groups in total. The predicted octanol–water partition coefficient (Wildman–Crippen LogP) is 3.98. The van der Waals surface area contributed by atoms with Crippen molar-refractivity contribution in [2.75, 3.05) is 24.6 Å². The van der Waals surface area contributed by atoms with E-state index in [9.17, 15) is 4.79 Å². The van der Waals surface area contributed by atoms with Gasteiger partial charge in [0.1, 0.15) is 5.75 Å². The average Bonchev–Trinajstić information content (AvgIpc) is 3.15. The van der Waals surface area contributed by atoms with E-state index < -0.39 is 0 Å². The lowest BCUT2D eigenvalue weighted by Crippen LogP contribution is -2.47. The summed E-state index contributed by atoms with van der Waals surface area (Å²) in [6, 6.07) is 10.5. The lowest BCUT2D eigenvalue weighted by Gasteiger charge is -2.34. The molecule has 1 saturated carbocycles. The van der Waals surface area contributed by atoms with Gasteiger partial charge >= 0.3 is 0 Å². The van der Waals surface area contributed by atoms with Crippen molar-refractivity contribution in [2.45, 2.75) is 65.0 Å². The summed E-state index contributed by atoms with van der Waals surface area (Å²) in [5, 5.41) is 8.98. The zero-order valence-corrected chi connectivity index (χ0v) is 16.3. The van der Waals surface area contributed by atoms with Crippen LogP contribution in [0.25, 0.3) is 0 Å². The van der Waals surface area contributed by atoms with E-state index in [1.54, 1.807) is 4.90 Å². The van der Waals surface area contributed by atoms with E-state index in [4.69, 9.17) is 10.00 Å². The molecule has 1 amide bonds. The van der Waals surface area contributed by atoms with Gasteiger partial charge in [-0.15, -0.1) is 0 Å². The number of ether oxygens (including phenoxy) is 1. The molecular formula is C21H31N3O2. The molecule has 0 bridgehead atoms. The molecule has 5 nitrogen and oxygen atoms in total. The number of hydrogen-bond donors (Lipinski definition) is 0. The van der Waals surface area contributed by atoms with Gasteiger partial charge in [-0.3, -0.25) is 9.69 Å². The number of rotatable bonds is 9. The third-order valence-corrected chi connectivity index (χ3v) is 4.98. The quantitative estimate of drug-likeness (QED) is 0.671. The van der Waals surface area contributed by atoms with Gasteiger partial charge in [0.2, 0.25) is 5.91 Å². The number of benzene rings is 1. The van der Waals surface area contributed by atoms with Gasteiger partial charge < -0.3 is 9.64 Å². The molecule has 0 heterocycles. The van der Waals surface area contributed by atoms with E-state index in [0.717, 1.165) is 11.4 Å². The minimum Gasteiger partial charge on any atom is -0.494 e. The fourth-order valence-electron chi connectivity index (χ4n) is 3.66. The SMILES string of the molecule is CCOc1ccc(N(CCC#N)C(=O)CN(C(C)C)C2CCCC2)cc1. The Bertz CT molecular complexity index is 601. The number of hydrogen-bond acceptors (Lipinski definition) is 4. The second-order valence-electron chi connectivity index (χ2n) is 7.08. The highest BCUT2D eigenvalue weighted by atomic mass is 16.5.